The van der Waals surface area contributed by atoms with Gasteiger partial charge in [0.2, 0.25) is 0 Å². The molecule has 35 heavy (non-hydrogen) atoms. The summed E-state index contributed by atoms with van der Waals surface area (Å²) in [5.74, 6) is 1.40. The van der Waals surface area contributed by atoms with E-state index in [-0.39, 0.29) is 31.2 Å². The van der Waals surface area contributed by atoms with Gasteiger partial charge in [-0.1, -0.05) is 6.07 Å². The second-order valence-electron chi connectivity index (χ2n) is 9.54. The second-order valence-corrected chi connectivity index (χ2v) is 9.54. The Morgan fingerprint density at radius 2 is 1.97 bits per heavy atom. The third-order valence-electron chi connectivity index (χ3n) is 7.24. The van der Waals surface area contributed by atoms with Crippen molar-refractivity contribution in [2.24, 2.45) is 5.92 Å². The Morgan fingerprint density at radius 1 is 1.17 bits per heavy atom. The van der Waals surface area contributed by atoms with E-state index in [4.69, 9.17) is 9.47 Å². The van der Waals surface area contributed by atoms with Crippen molar-refractivity contribution < 1.29 is 22.6 Å². The van der Waals surface area contributed by atoms with Gasteiger partial charge in [-0.05, 0) is 42.7 Å². The summed E-state index contributed by atoms with van der Waals surface area (Å²) in [6, 6.07) is 9.10. The van der Waals surface area contributed by atoms with Crippen LogP contribution in [0.1, 0.15) is 29.7 Å². The van der Waals surface area contributed by atoms with Crippen LogP contribution in [0.4, 0.5) is 13.2 Å². The lowest BCUT2D eigenvalue weighted by Crippen LogP contribution is -2.49. The number of benzene rings is 2. The van der Waals surface area contributed by atoms with Gasteiger partial charge in [0.05, 0.1) is 38.1 Å². The van der Waals surface area contributed by atoms with Gasteiger partial charge in [-0.2, -0.15) is 5.10 Å². The zero-order valence-electron chi connectivity index (χ0n) is 20.0. The van der Waals surface area contributed by atoms with E-state index in [1.54, 1.807) is 7.11 Å². The first-order chi connectivity index (χ1) is 17.0. The maximum absolute atomic E-state index is 13.7. The highest BCUT2D eigenvalue weighted by molar-refractivity contribution is 5.83. The third-order valence-corrected chi connectivity index (χ3v) is 7.24. The highest BCUT2D eigenvalue weighted by Gasteiger charge is 2.37. The Kier molecular flexibility index (Phi) is 6.88. The summed E-state index contributed by atoms with van der Waals surface area (Å²) in [5.41, 5.74) is 3.88. The van der Waals surface area contributed by atoms with E-state index in [9.17, 15) is 13.2 Å². The zero-order chi connectivity index (χ0) is 24.5. The monoisotopic (exact) mass is 488 g/mol. The zero-order valence-corrected chi connectivity index (χ0v) is 20.0. The van der Waals surface area contributed by atoms with Crippen LogP contribution in [0.25, 0.3) is 10.9 Å². The summed E-state index contributed by atoms with van der Waals surface area (Å²) in [5, 5.41) is 8.21. The van der Waals surface area contributed by atoms with Gasteiger partial charge < -0.3 is 9.47 Å². The number of hydrogen-bond acceptors (Lipinski definition) is 5. The molecule has 0 spiro atoms. The van der Waals surface area contributed by atoms with Gasteiger partial charge in [0.1, 0.15) is 18.1 Å². The SMILES string of the molecule is COc1cc(OCCN2CC(CF)C2)ccc1C1c2ccc3[nH]ncc3c2C[C@@H](C)N1CC(F)F. The van der Waals surface area contributed by atoms with Crippen LogP contribution in [0.5, 0.6) is 11.5 Å². The summed E-state index contributed by atoms with van der Waals surface area (Å²) >= 11 is 0. The molecule has 1 saturated heterocycles. The number of fused-ring (bicyclic) bond motifs is 3. The number of likely N-dealkylation sites (tertiary alicyclic amines) is 1. The molecule has 3 aromatic rings. The van der Waals surface area contributed by atoms with E-state index in [2.05, 4.69) is 15.1 Å². The van der Waals surface area contributed by atoms with E-state index in [1.807, 2.05) is 48.4 Å². The molecule has 2 aliphatic heterocycles. The van der Waals surface area contributed by atoms with Gasteiger partial charge in [0.15, 0.2) is 0 Å². The number of nitrogens with zero attached hydrogens (tertiary/aromatic N) is 3. The van der Waals surface area contributed by atoms with E-state index >= 15 is 0 Å². The lowest BCUT2D eigenvalue weighted by atomic mass is 9.83. The lowest BCUT2D eigenvalue weighted by molar-refractivity contribution is 0.0459. The quantitative estimate of drug-likeness (QED) is 0.482. The van der Waals surface area contributed by atoms with E-state index in [1.165, 1.54) is 0 Å². The Balaban J connectivity index is 1.44. The van der Waals surface area contributed by atoms with Crippen LogP contribution in [0.3, 0.4) is 0 Å². The summed E-state index contributed by atoms with van der Waals surface area (Å²) in [6.07, 6.45) is 0.0212. The number of hydrogen-bond donors (Lipinski definition) is 1. The second kappa shape index (κ2) is 10.1. The fourth-order valence-corrected chi connectivity index (χ4v) is 5.47. The van der Waals surface area contributed by atoms with Crippen molar-refractivity contribution in [2.45, 2.75) is 31.9 Å². The lowest BCUT2D eigenvalue weighted by Gasteiger charge is -2.42. The van der Waals surface area contributed by atoms with E-state index in [0.717, 1.165) is 47.2 Å². The number of nitrogens with one attached hydrogen (secondary N) is 1. The van der Waals surface area contributed by atoms with Crippen molar-refractivity contribution in [2.75, 3.05) is 46.6 Å². The van der Waals surface area contributed by atoms with Crippen molar-refractivity contribution >= 4 is 10.9 Å². The molecule has 1 aromatic heterocycles. The van der Waals surface area contributed by atoms with Crippen LogP contribution < -0.4 is 9.47 Å². The molecule has 6 nitrogen and oxygen atoms in total. The summed E-state index contributed by atoms with van der Waals surface area (Å²) < 4.78 is 51.6. The van der Waals surface area contributed by atoms with Gasteiger partial charge in [-0.15, -0.1) is 0 Å². The molecule has 2 aromatic carbocycles. The largest absolute Gasteiger partial charge is 0.496 e. The minimum absolute atomic E-state index is 0.0905. The summed E-state index contributed by atoms with van der Waals surface area (Å²) in [6.45, 7) is 4.15. The number of halogens is 3. The molecular formula is C26H31F3N4O2. The molecule has 1 fully saturated rings. The first kappa shape index (κ1) is 23.9. The smallest absolute Gasteiger partial charge is 0.251 e. The molecule has 2 atom stereocenters. The number of aromatic amines is 1. The van der Waals surface area contributed by atoms with Crippen molar-refractivity contribution in [1.29, 1.82) is 0 Å². The molecular weight excluding hydrogens is 457 g/mol. The van der Waals surface area contributed by atoms with Gasteiger partial charge in [0, 0.05) is 48.6 Å². The first-order valence-electron chi connectivity index (χ1n) is 12.1. The maximum Gasteiger partial charge on any atom is 0.251 e. The molecule has 0 saturated carbocycles. The maximum atomic E-state index is 13.7. The molecule has 1 unspecified atom stereocenters. The van der Waals surface area contributed by atoms with Crippen LogP contribution in [0, 0.1) is 5.92 Å². The molecule has 0 bridgehead atoms. The van der Waals surface area contributed by atoms with Crippen LogP contribution in [0.2, 0.25) is 0 Å². The van der Waals surface area contributed by atoms with Crippen LogP contribution in [0.15, 0.2) is 36.5 Å². The topological polar surface area (TPSA) is 53.6 Å². The highest BCUT2D eigenvalue weighted by Crippen LogP contribution is 2.44. The Labute approximate surface area is 203 Å². The number of H-pyrrole nitrogens is 1. The molecule has 0 radical (unpaired) electrons. The predicted molar refractivity (Wildman–Crippen MR) is 128 cm³/mol. The molecule has 9 heteroatoms. The van der Waals surface area contributed by atoms with Gasteiger partial charge in [0.25, 0.3) is 6.43 Å². The molecule has 188 valence electrons. The van der Waals surface area contributed by atoms with Crippen LogP contribution in [-0.4, -0.2) is 79.0 Å². The molecule has 0 amide bonds. The van der Waals surface area contributed by atoms with Crippen molar-refractivity contribution in [1.82, 2.24) is 20.0 Å². The van der Waals surface area contributed by atoms with Crippen LogP contribution in [-0.2, 0) is 6.42 Å². The number of rotatable bonds is 9. The fourth-order valence-electron chi connectivity index (χ4n) is 5.47. The van der Waals surface area contributed by atoms with Gasteiger partial charge in [-0.3, -0.25) is 19.3 Å². The number of ether oxygens (including phenoxy) is 2. The molecule has 5 rings (SSSR count). The van der Waals surface area contributed by atoms with Crippen molar-refractivity contribution in [3.8, 4) is 11.5 Å². The average Bonchev–Trinajstić information content (AvgIpc) is 3.30. The highest BCUT2D eigenvalue weighted by atomic mass is 19.3. The number of aromatic nitrogens is 2. The minimum Gasteiger partial charge on any atom is -0.496 e. The molecule has 3 heterocycles. The van der Waals surface area contributed by atoms with Crippen molar-refractivity contribution in [3.63, 3.8) is 0 Å². The van der Waals surface area contributed by atoms with Gasteiger partial charge >= 0.3 is 0 Å². The predicted octanol–water partition coefficient (Wildman–Crippen LogP) is 4.45. The fraction of sp³-hybridized carbons (Fsp3) is 0.500. The van der Waals surface area contributed by atoms with Crippen LogP contribution >= 0.6 is 0 Å². The average molecular weight is 489 g/mol. The Morgan fingerprint density at radius 3 is 2.71 bits per heavy atom. The number of alkyl halides is 3. The Hall–Kier alpha value is -2.78. The standard InChI is InChI=1S/C26H31F3N4O2/c1-16-9-21-19(5-6-23-22(21)12-30-31-23)26(33(16)15-25(28)29)20-4-3-18(10-24(20)34-2)35-8-7-32-13-17(11-27)14-32/h3-6,10,12,16-17,25-26H,7-9,11,13-15H2,1-2H3,(H,30,31)/t16-,26?/m1/s1. The van der Waals surface area contributed by atoms with E-state index < -0.39 is 6.43 Å². The van der Waals surface area contributed by atoms with E-state index in [0.29, 0.717) is 24.5 Å². The number of methoxy groups -OCH3 is 1. The first-order valence-corrected chi connectivity index (χ1v) is 12.1. The molecule has 2 aliphatic rings. The minimum atomic E-state index is -2.45. The summed E-state index contributed by atoms with van der Waals surface area (Å²) in [7, 11) is 1.59. The van der Waals surface area contributed by atoms with Gasteiger partial charge in [-0.25, -0.2) is 8.78 Å². The third kappa shape index (κ3) is 4.71. The summed E-state index contributed by atoms with van der Waals surface area (Å²) in [4.78, 5) is 4.03. The molecule has 0 aliphatic carbocycles. The normalized spacial score (nSPS) is 21.3. The van der Waals surface area contributed by atoms with Crippen molar-refractivity contribution in [3.05, 3.63) is 53.2 Å². The molecule has 1 N–H and O–H groups in total. The Bertz CT molecular complexity index is 1160.